The number of benzene rings is 1. The summed E-state index contributed by atoms with van der Waals surface area (Å²) >= 11 is 0. The molecule has 1 aliphatic rings. The smallest absolute Gasteiger partial charge is 0.324 e. The van der Waals surface area contributed by atoms with Gasteiger partial charge in [-0.1, -0.05) is 12.1 Å². The summed E-state index contributed by atoms with van der Waals surface area (Å²) in [6.07, 6.45) is 0. The lowest BCUT2D eigenvalue weighted by atomic mass is 10.1. The second kappa shape index (κ2) is 8.50. The minimum atomic E-state index is -0.395. The maximum atomic E-state index is 12.3. The molecule has 8 heteroatoms. The van der Waals surface area contributed by atoms with E-state index < -0.39 is 6.03 Å². The Bertz CT molecular complexity index is 578. The summed E-state index contributed by atoms with van der Waals surface area (Å²) < 4.78 is 0. The topological polar surface area (TPSA) is 81.8 Å². The normalized spacial score (nSPS) is 13.6. The number of halogens is 1. The Morgan fingerprint density at radius 1 is 1.39 bits per heavy atom. The Hall–Kier alpha value is -2.12. The van der Waals surface area contributed by atoms with E-state index in [4.69, 9.17) is 0 Å². The Balaban J connectivity index is 0.00000264. The van der Waals surface area contributed by atoms with Gasteiger partial charge in [-0.15, -0.1) is 12.4 Å². The van der Waals surface area contributed by atoms with Crippen molar-refractivity contribution in [3.8, 4) is 0 Å². The second-order valence-corrected chi connectivity index (χ2v) is 5.17. The van der Waals surface area contributed by atoms with Gasteiger partial charge in [-0.3, -0.25) is 14.5 Å². The molecule has 1 aromatic rings. The molecule has 0 atom stereocenters. The number of hydrogen-bond acceptors (Lipinski definition) is 4. The van der Waals surface area contributed by atoms with Crippen molar-refractivity contribution in [2.24, 2.45) is 0 Å². The van der Waals surface area contributed by atoms with Gasteiger partial charge in [0.05, 0.1) is 13.1 Å². The molecule has 0 saturated carbocycles. The second-order valence-electron chi connectivity index (χ2n) is 5.17. The Morgan fingerprint density at radius 3 is 2.74 bits per heavy atom. The van der Waals surface area contributed by atoms with Gasteiger partial charge < -0.3 is 15.5 Å². The summed E-state index contributed by atoms with van der Waals surface area (Å²) in [7, 11) is 3.57. The monoisotopic (exact) mass is 340 g/mol. The van der Waals surface area contributed by atoms with Crippen molar-refractivity contribution in [2.75, 3.05) is 33.7 Å². The van der Waals surface area contributed by atoms with Crippen LogP contribution in [0, 0.1) is 0 Å². The molecule has 1 saturated heterocycles. The van der Waals surface area contributed by atoms with Gasteiger partial charge in [0, 0.05) is 25.7 Å². The van der Waals surface area contributed by atoms with Crippen LogP contribution in [0.25, 0.3) is 0 Å². The van der Waals surface area contributed by atoms with Gasteiger partial charge in [-0.05, 0) is 24.7 Å². The first-order valence-electron chi connectivity index (χ1n) is 7.10. The fourth-order valence-corrected chi connectivity index (χ4v) is 2.20. The van der Waals surface area contributed by atoms with Crippen LogP contribution >= 0.6 is 12.4 Å². The minimum Gasteiger partial charge on any atom is -0.340 e. The van der Waals surface area contributed by atoms with Crippen molar-refractivity contribution >= 4 is 30.3 Å². The Morgan fingerprint density at radius 2 is 2.13 bits per heavy atom. The predicted molar refractivity (Wildman–Crippen MR) is 88.5 cm³/mol. The average Bonchev–Trinajstić information content (AvgIpc) is 2.84. The lowest BCUT2D eigenvalue weighted by molar-refractivity contribution is -0.125. The van der Waals surface area contributed by atoms with E-state index in [2.05, 4.69) is 10.6 Å². The molecule has 23 heavy (non-hydrogen) atoms. The molecule has 2 rings (SSSR count). The third-order valence-electron chi connectivity index (χ3n) is 3.50. The molecule has 4 amide bonds. The highest BCUT2D eigenvalue weighted by molar-refractivity contribution is 6.02. The fraction of sp³-hybridized carbons (Fsp3) is 0.400. The number of urea groups is 1. The van der Waals surface area contributed by atoms with E-state index in [0.29, 0.717) is 18.7 Å². The van der Waals surface area contributed by atoms with Crippen LogP contribution in [0.4, 0.5) is 4.79 Å². The molecule has 126 valence electrons. The number of carbonyl (C=O) groups is 3. The van der Waals surface area contributed by atoms with Crippen LogP contribution in [0.3, 0.4) is 0 Å². The van der Waals surface area contributed by atoms with Gasteiger partial charge in [0.1, 0.15) is 0 Å². The van der Waals surface area contributed by atoms with Gasteiger partial charge in [0.2, 0.25) is 5.91 Å². The summed E-state index contributed by atoms with van der Waals surface area (Å²) in [5, 5.41) is 5.47. The van der Waals surface area contributed by atoms with Crippen molar-refractivity contribution in [1.82, 2.24) is 20.4 Å². The third kappa shape index (κ3) is 4.67. The summed E-state index contributed by atoms with van der Waals surface area (Å²) in [5.41, 5.74) is 1.29. The van der Waals surface area contributed by atoms with Crippen LogP contribution in [0.2, 0.25) is 0 Å². The molecule has 0 aliphatic carbocycles. The number of likely N-dealkylation sites (N-methyl/N-ethyl adjacent to an activating group) is 2. The first kappa shape index (κ1) is 18.9. The molecule has 0 radical (unpaired) electrons. The zero-order valence-electron chi connectivity index (χ0n) is 13.2. The number of amides is 4. The van der Waals surface area contributed by atoms with Crippen LogP contribution in [0.5, 0.6) is 0 Å². The molecule has 0 spiro atoms. The van der Waals surface area contributed by atoms with Gasteiger partial charge in [-0.2, -0.15) is 0 Å². The van der Waals surface area contributed by atoms with E-state index in [-0.39, 0.29) is 37.3 Å². The molecule has 1 fully saturated rings. The SMILES string of the molecule is CNCCN(C)C(=O)c1cccc(CN2C(=O)CNC2=O)c1.Cl. The van der Waals surface area contributed by atoms with Crippen molar-refractivity contribution in [3.05, 3.63) is 35.4 Å². The number of hydrogen-bond donors (Lipinski definition) is 2. The number of nitrogens with zero attached hydrogens (tertiary/aromatic N) is 2. The number of imide groups is 1. The minimum absolute atomic E-state index is 0. The molecular formula is C15H21ClN4O3. The molecular weight excluding hydrogens is 320 g/mol. The highest BCUT2D eigenvalue weighted by atomic mass is 35.5. The summed E-state index contributed by atoms with van der Waals surface area (Å²) in [6, 6.07) is 6.61. The molecule has 1 aliphatic heterocycles. The van der Waals surface area contributed by atoms with Crippen molar-refractivity contribution < 1.29 is 14.4 Å². The summed E-state index contributed by atoms with van der Waals surface area (Å²) in [4.78, 5) is 38.2. The lowest BCUT2D eigenvalue weighted by Gasteiger charge is -2.18. The fourth-order valence-electron chi connectivity index (χ4n) is 2.20. The van der Waals surface area contributed by atoms with E-state index in [1.807, 2.05) is 7.05 Å². The van der Waals surface area contributed by atoms with Gasteiger partial charge in [-0.25, -0.2) is 4.79 Å². The highest BCUT2D eigenvalue weighted by Crippen LogP contribution is 2.12. The molecule has 2 N–H and O–H groups in total. The highest BCUT2D eigenvalue weighted by Gasteiger charge is 2.28. The molecule has 1 heterocycles. The van der Waals surface area contributed by atoms with Crippen molar-refractivity contribution in [1.29, 1.82) is 0 Å². The van der Waals surface area contributed by atoms with Crippen LogP contribution < -0.4 is 10.6 Å². The molecule has 1 aromatic carbocycles. The molecule has 0 unspecified atom stereocenters. The largest absolute Gasteiger partial charge is 0.340 e. The average molecular weight is 341 g/mol. The van der Waals surface area contributed by atoms with E-state index in [9.17, 15) is 14.4 Å². The van der Waals surface area contributed by atoms with Gasteiger partial charge in [0.15, 0.2) is 0 Å². The van der Waals surface area contributed by atoms with E-state index in [1.54, 1.807) is 36.2 Å². The zero-order valence-corrected chi connectivity index (χ0v) is 14.0. The number of carbonyl (C=O) groups excluding carboxylic acids is 3. The molecule has 0 bridgehead atoms. The van der Waals surface area contributed by atoms with Crippen molar-refractivity contribution in [3.63, 3.8) is 0 Å². The van der Waals surface area contributed by atoms with Crippen molar-refractivity contribution in [2.45, 2.75) is 6.54 Å². The van der Waals surface area contributed by atoms with Crippen LogP contribution in [-0.2, 0) is 11.3 Å². The van der Waals surface area contributed by atoms with Gasteiger partial charge >= 0.3 is 6.03 Å². The molecule has 0 aromatic heterocycles. The zero-order chi connectivity index (χ0) is 16.1. The standard InChI is InChI=1S/C15H20N4O3.ClH/c1-16-6-7-18(2)14(21)12-5-3-4-11(8-12)10-19-13(20)9-17-15(19)22;/h3-5,8,16H,6-7,9-10H2,1-2H3,(H,17,22);1H. The number of rotatable bonds is 6. The Kier molecular flexibility index (Phi) is 6.99. The first-order valence-corrected chi connectivity index (χ1v) is 7.10. The van der Waals surface area contributed by atoms with Crippen LogP contribution in [0.15, 0.2) is 24.3 Å². The maximum absolute atomic E-state index is 12.3. The van der Waals surface area contributed by atoms with Crippen LogP contribution in [-0.4, -0.2) is 61.4 Å². The van der Waals surface area contributed by atoms with E-state index in [1.165, 1.54) is 0 Å². The number of nitrogens with one attached hydrogen (secondary N) is 2. The van der Waals surface area contributed by atoms with E-state index in [0.717, 1.165) is 10.5 Å². The maximum Gasteiger partial charge on any atom is 0.324 e. The summed E-state index contributed by atoms with van der Waals surface area (Å²) in [6.45, 7) is 1.52. The lowest BCUT2D eigenvalue weighted by Crippen LogP contribution is -2.33. The first-order chi connectivity index (χ1) is 10.5. The summed E-state index contributed by atoms with van der Waals surface area (Å²) in [5.74, 6) is -0.345. The third-order valence-corrected chi connectivity index (χ3v) is 3.50. The van der Waals surface area contributed by atoms with Gasteiger partial charge in [0.25, 0.3) is 5.91 Å². The quantitative estimate of drug-likeness (QED) is 0.737. The van der Waals surface area contributed by atoms with Crippen LogP contribution in [0.1, 0.15) is 15.9 Å². The Labute approximate surface area is 141 Å². The predicted octanol–water partition coefficient (Wildman–Crippen LogP) is 0.452. The molecule has 7 nitrogen and oxygen atoms in total. The van der Waals surface area contributed by atoms with E-state index >= 15 is 0 Å².